The van der Waals surface area contributed by atoms with Gasteiger partial charge in [-0.25, -0.2) is 0 Å². The van der Waals surface area contributed by atoms with Crippen molar-refractivity contribution in [3.8, 4) is 5.75 Å². The molecule has 1 N–H and O–H groups in total. The maximum atomic E-state index is 5.58. The highest BCUT2D eigenvalue weighted by Gasteiger charge is 2.18. The summed E-state index contributed by atoms with van der Waals surface area (Å²) in [6.07, 6.45) is 2.56. The van der Waals surface area contributed by atoms with Gasteiger partial charge in [0, 0.05) is 19.6 Å². The zero-order valence-corrected chi connectivity index (χ0v) is 12.4. The average Bonchev–Trinajstić information content (AvgIpc) is 2.46. The minimum atomic E-state index is 0.857. The third-order valence-electron chi connectivity index (χ3n) is 3.95. The number of rotatable bonds is 5. The molecule has 1 aromatic rings. The van der Waals surface area contributed by atoms with E-state index in [9.17, 15) is 0 Å². The lowest BCUT2D eigenvalue weighted by atomic mass is 9.98. The SMILES string of the molecule is CCNCc1ccc(N2CCC(C)CC2)c(OC)c1. The average molecular weight is 262 g/mol. The van der Waals surface area contributed by atoms with Crippen LogP contribution in [0.4, 0.5) is 5.69 Å². The second-order valence-corrected chi connectivity index (χ2v) is 5.46. The quantitative estimate of drug-likeness (QED) is 0.882. The lowest BCUT2D eigenvalue weighted by Crippen LogP contribution is -2.33. The van der Waals surface area contributed by atoms with E-state index < -0.39 is 0 Å². The Hall–Kier alpha value is -1.22. The van der Waals surface area contributed by atoms with Gasteiger partial charge in [0.25, 0.3) is 0 Å². The van der Waals surface area contributed by atoms with E-state index in [1.54, 1.807) is 7.11 Å². The number of benzene rings is 1. The summed E-state index contributed by atoms with van der Waals surface area (Å²) < 4.78 is 5.58. The largest absolute Gasteiger partial charge is 0.495 e. The summed E-state index contributed by atoms with van der Waals surface area (Å²) in [4.78, 5) is 2.45. The maximum Gasteiger partial charge on any atom is 0.142 e. The zero-order chi connectivity index (χ0) is 13.7. The van der Waals surface area contributed by atoms with Gasteiger partial charge < -0.3 is 15.0 Å². The first kappa shape index (κ1) is 14.2. The molecule has 0 amide bonds. The van der Waals surface area contributed by atoms with Gasteiger partial charge in [0.15, 0.2) is 0 Å². The molecule has 0 saturated carbocycles. The fraction of sp³-hybridized carbons (Fsp3) is 0.625. The Bertz CT molecular complexity index is 398. The van der Waals surface area contributed by atoms with Crippen molar-refractivity contribution in [3.05, 3.63) is 23.8 Å². The fourth-order valence-corrected chi connectivity index (χ4v) is 2.61. The lowest BCUT2D eigenvalue weighted by Gasteiger charge is -2.33. The Labute approximate surface area is 116 Å². The normalized spacial score (nSPS) is 16.7. The molecule has 0 radical (unpaired) electrons. The van der Waals surface area contributed by atoms with Gasteiger partial charge in [-0.05, 0) is 43.0 Å². The monoisotopic (exact) mass is 262 g/mol. The molecule has 1 aliphatic heterocycles. The number of nitrogens with one attached hydrogen (secondary N) is 1. The zero-order valence-electron chi connectivity index (χ0n) is 12.4. The van der Waals surface area contributed by atoms with Crippen LogP contribution in [0.15, 0.2) is 18.2 Å². The van der Waals surface area contributed by atoms with Crippen molar-refractivity contribution >= 4 is 5.69 Å². The molecule has 0 unspecified atom stereocenters. The highest BCUT2D eigenvalue weighted by atomic mass is 16.5. The van der Waals surface area contributed by atoms with Gasteiger partial charge in [0.2, 0.25) is 0 Å². The topological polar surface area (TPSA) is 24.5 Å². The van der Waals surface area contributed by atoms with Crippen LogP contribution in [-0.4, -0.2) is 26.7 Å². The van der Waals surface area contributed by atoms with Gasteiger partial charge in [-0.2, -0.15) is 0 Å². The van der Waals surface area contributed by atoms with Crippen LogP contribution in [0.1, 0.15) is 32.3 Å². The second kappa shape index (κ2) is 6.80. The van der Waals surface area contributed by atoms with Gasteiger partial charge >= 0.3 is 0 Å². The molecule has 0 atom stereocenters. The molecular weight excluding hydrogens is 236 g/mol. The van der Waals surface area contributed by atoms with Crippen LogP contribution >= 0.6 is 0 Å². The summed E-state index contributed by atoms with van der Waals surface area (Å²) in [5.74, 6) is 1.86. The first-order chi connectivity index (χ1) is 9.24. The molecule has 19 heavy (non-hydrogen) atoms. The molecule has 3 nitrogen and oxygen atoms in total. The minimum absolute atomic E-state index is 0.857. The number of anilines is 1. The molecular formula is C16H26N2O. The predicted molar refractivity (Wildman–Crippen MR) is 81.0 cm³/mol. The fourth-order valence-electron chi connectivity index (χ4n) is 2.61. The number of hydrogen-bond donors (Lipinski definition) is 1. The van der Waals surface area contributed by atoms with E-state index in [0.29, 0.717) is 0 Å². The molecule has 0 aliphatic carbocycles. The van der Waals surface area contributed by atoms with E-state index in [2.05, 4.69) is 42.3 Å². The number of methoxy groups -OCH3 is 1. The van der Waals surface area contributed by atoms with Gasteiger partial charge in [0.1, 0.15) is 5.75 Å². The van der Waals surface area contributed by atoms with E-state index in [1.807, 2.05) is 0 Å². The number of nitrogens with zero attached hydrogens (tertiary/aromatic N) is 1. The summed E-state index contributed by atoms with van der Waals surface area (Å²) in [6.45, 7) is 8.65. The third-order valence-corrected chi connectivity index (χ3v) is 3.95. The van der Waals surface area contributed by atoms with Crippen LogP contribution < -0.4 is 15.0 Å². The molecule has 0 aromatic heterocycles. The maximum absolute atomic E-state index is 5.58. The van der Waals surface area contributed by atoms with Crippen molar-refractivity contribution in [2.24, 2.45) is 5.92 Å². The Kier molecular flexibility index (Phi) is 5.08. The van der Waals surface area contributed by atoms with Crippen molar-refractivity contribution in [2.75, 3.05) is 31.6 Å². The number of hydrogen-bond acceptors (Lipinski definition) is 3. The Morgan fingerprint density at radius 1 is 1.32 bits per heavy atom. The summed E-state index contributed by atoms with van der Waals surface area (Å²) in [7, 11) is 1.77. The van der Waals surface area contributed by atoms with Crippen LogP contribution in [0.5, 0.6) is 5.75 Å². The number of ether oxygens (including phenoxy) is 1. The minimum Gasteiger partial charge on any atom is -0.495 e. The van der Waals surface area contributed by atoms with Crippen LogP contribution in [0, 0.1) is 5.92 Å². The van der Waals surface area contributed by atoms with E-state index in [1.165, 1.54) is 24.1 Å². The summed E-state index contributed by atoms with van der Waals surface area (Å²) >= 11 is 0. The smallest absolute Gasteiger partial charge is 0.142 e. The molecule has 1 fully saturated rings. The standard InChI is InChI=1S/C16H26N2O/c1-4-17-12-14-5-6-15(16(11-14)19-3)18-9-7-13(2)8-10-18/h5-6,11,13,17H,4,7-10,12H2,1-3H3. The van der Waals surface area contributed by atoms with Crippen molar-refractivity contribution in [3.63, 3.8) is 0 Å². The van der Waals surface area contributed by atoms with Crippen molar-refractivity contribution in [2.45, 2.75) is 33.2 Å². The molecule has 1 heterocycles. The van der Waals surface area contributed by atoms with E-state index >= 15 is 0 Å². The highest BCUT2D eigenvalue weighted by Crippen LogP contribution is 2.32. The molecule has 1 aromatic carbocycles. The Morgan fingerprint density at radius 3 is 2.68 bits per heavy atom. The molecule has 1 saturated heterocycles. The van der Waals surface area contributed by atoms with E-state index in [4.69, 9.17) is 4.74 Å². The van der Waals surface area contributed by atoms with Crippen LogP contribution in [0.25, 0.3) is 0 Å². The molecule has 0 spiro atoms. The van der Waals surface area contributed by atoms with Crippen molar-refractivity contribution in [1.82, 2.24) is 5.32 Å². The molecule has 0 bridgehead atoms. The van der Waals surface area contributed by atoms with Crippen molar-refractivity contribution < 1.29 is 4.74 Å². The van der Waals surface area contributed by atoms with E-state index in [0.717, 1.165) is 37.8 Å². The molecule has 106 valence electrons. The van der Waals surface area contributed by atoms with Gasteiger partial charge in [-0.3, -0.25) is 0 Å². The first-order valence-corrected chi connectivity index (χ1v) is 7.37. The Morgan fingerprint density at radius 2 is 2.05 bits per heavy atom. The van der Waals surface area contributed by atoms with Gasteiger partial charge in [-0.15, -0.1) is 0 Å². The van der Waals surface area contributed by atoms with Crippen LogP contribution in [0.3, 0.4) is 0 Å². The predicted octanol–water partition coefficient (Wildman–Crippen LogP) is 3.04. The van der Waals surface area contributed by atoms with Crippen LogP contribution in [-0.2, 0) is 6.54 Å². The highest BCUT2D eigenvalue weighted by molar-refractivity contribution is 5.60. The summed E-state index contributed by atoms with van der Waals surface area (Å²) in [6, 6.07) is 6.58. The third kappa shape index (κ3) is 3.63. The molecule has 2 rings (SSSR count). The van der Waals surface area contributed by atoms with Gasteiger partial charge in [-0.1, -0.05) is 19.9 Å². The molecule has 3 heteroatoms. The number of piperidine rings is 1. The van der Waals surface area contributed by atoms with Crippen molar-refractivity contribution in [1.29, 1.82) is 0 Å². The lowest BCUT2D eigenvalue weighted by molar-refractivity contribution is 0.403. The first-order valence-electron chi connectivity index (χ1n) is 7.37. The molecule has 1 aliphatic rings. The van der Waals surface area contributed by atoms with E-state index in [-0.39, 0.29) is 0 Å². The summed E-state index contributed by atoms with van der Waals surface area (Å²) in [5.41, 5.74) is 2.53. The second-order valence-electron chi connectivity index (χ2n) is 5.46. The summed E-state index contributed by atoms with van der Waals surface area (Å²) in [5, 5.41) is 3.35. The van der Waals surface area contributed by atoms with Crippen LogP contribution in [0.2, 0.25) is 0 Å². The Balaban J connectivity index is 2.11. The van der Waals surface area contributed by atoms with Gasteiger partial charge in [0.05, 0.1) is 12.8 Å².